The van der Waals surface area contributed by atoms with Gasteiger partial charge in [-0.2, -0.15) is 5.10 Å². The average molecular weight is 313 g/mol. The van der Waals surface area contributed by atoms with E-state index in [4.69, 9.17) is 0 Å². The molecule has 1 aromatic carbocycles. The number of nitrogens with zero attached hydrogens (tertiary/aromatic N) is 3. The van der Waals surface area contributed by atoms with E-state index >= 15 is 0 Å². The van der Waals surface area contributed by atoms with Crippen molar-refractivity contribution in [2.24, 2.45) is 7.05 Å². The third kappa shape index (κ3) is 3.32. The molecule has 0 atom stereocenters. The lowest BCUT2D eigenvalue weighted by atomic mass is 10.2. The van der Waals surface area contributed by atoms with Crippen molar-refractivity contribution in [2.45, 2.75) is 6.92 Å². The molecule has 6 nitrogen and oxygen atoms in total. The predicted octanol–water partition coefficient (Wildman–Crippen LogP) is 3.50. The summed E-state index contributed by atoms with van der Waals surface area (Å²) in [7, 11) is 1.79. The molecule has 3 rings (SSSR count). The van der Waals surface area contributed by atoms with E-state index in [-0.39, 0.29) is 6.03 Å². The Morgan fingerprint density at radius 2 is 2.09 bits per heavy atom. The fourth-order valence-corrected chi connectivity index (χ4v) is 2.79. The van der Waals surface area contributed by atoms with Gasteiger partial charge in [-0.05, 0) is 19.1 Å². The topological polar surface area (TPSA) is 71.8 Å². The fraction of sp³-hybridized carbons (Fsp3) is 0.133. The summed E-state index contributed by atoms with van der Waals surface area (Å²) < 4.78 is 1.63. The van der Waals surface area contributed by atoms with Crippen LogP contribution in [-0.4, -0.2) is 20.8 Å². The van der Waals surface area contributed by atoms with Gasteiger partial charge in [-0.3, -0.25) is 4.68 Å². The molecule has 22 heavy (non-hydrogen) atoms. The quantitative estimate of drug-likeness (QED) is 0.777. The van der Waals surface area contributed by atoms with Gasteiger partial charge >= 0.3 is 6.03 Å². The lowest BCUT2D eigenvalue weighted by Gasteiger charge is -2.07. The van der Waals surface area contributed by atoms with Crippen molar-refractivity contribution in [3.8, 4) is 10.6 Å². The van der Waals surface area contributed by atoms with E-state index in [0.29, 0.717) is 11.4 Å². The number of hydrogen-bond acceptors (Lipinski definition) is 4. The van der Waals surface area contributed by atoms with E-state index < -0.39 is 0 Å². The van der Waals surface area contributed by atoms with Crippen LogP contribution in [-0.2, 0) is 7.05 Å². The maximum absolute atomic E-state index is 12.0. The summed E-state index contributed by atoms with van der Waals surface area (Å²) in [4.78, 5) is 16.4. The Morgan fingerprint density at radius 1 is 1.27 bits per heavy atom. The number of carbonyl (C=O) groups is 1. The lowest BCUT2D eigenvalue weighted by molar-refractivity contribution is 0.262. The van der Waals surface area contributed by atoms with Gasteiger partial charge in [0.1, 0.15) is 5.01 Å². The summed E-state index contributed by atoms with van der Waals surface area (Å²) in [5, 5.41) is 12.5. The predicted molar refractivity (Wildman–Crippen MR) is 88.1 cm³/mol. The second kappa shape index (κ2) is 5.98. The number of rotatable bonds is 3. The normalized spacial score (nSPS) is 10.5. The minimum absolute atomic E-state index is 0.305. The van der Waals surface area contributed by atoms with Gasteiger partial charge in [0.2, 0.25) is 0 Å². The molecule has 2 amide bonds. The van der Waals surface area contributed by atoms with Crippen molar-refractivity contribution < 1.29 is 4.79 Å². The molecule has 2 N–H and O–H groups in total. The minimum Gasteiger partial charge on any atom is -0.308 e. The zero-order valence-electron chi connectivity index (χ0n) is 12.2. The number of benzene rings is 1. The highest BCUT2D eigenvalue weighted by Gasteiger charge is 2.07. The van der Waals surface area contributed by atoms with Gasteiger partial charge in [-0.25, -0.2) is 9.78 Å². The van der Waals surface area contributed by atoms with Gasteiger partial charge in [0.05, 0.1) is 11.9 Å². The molecule has 0 fully saturated rings. The van der Waals surface area contributed by atoms with E-state index in [2.05, 4.69) is 20.7 Å². The minimum atomic E-state index is -0.305. The van der Waals surface area contributed by atoms with E-state index in [0.717, 1.165) is 16.3 Å². The number of aromatic nitrogens is 3. The molecule has 0 aliphatic carbocycles. The largest absolute Gasteiger partial charge is 0.323 e. The third-order valence-corrected chi connectivity index (χ3v) is 3.96. The Labute approximate surface area is 131 Å². The first-order valence-corrected chi connectivity index (χ1v) is 7.57. The number of urea groups is 1. The number of amides is 2. The van der Waals surface area contributed by atoms with Crippen molar-refractivity contribution in [3.63, 3.8) is 0 Å². The van der Waals surface area contributed by atoms with Gasteiger partial charge in [0.15, 0.2) is 0 Å². The maximum Gasteiger partial charge on any atom is 0.323 e. The zero-order valence-corrected chi connectivity index (χ0v) is 13.0. The van der Waals surface area contributed by atoms with Gasteiger partial charge in [0.25, 0.3) is 0 Å². The highest BCUT2D eigenvalue weighted by Crippen LogP contribution is 2.25. The highest BCUT2D eigenvalue weighted by atomic mass is 32.1. The Hall–Kier alpha value is -2.67. The molecule has 0 spiro atoms. The number of nitrogens with one attached hydrogen (secondary N) is 2. The van der Waals surface area contributed by atoms with E-state index in [9.17, 15) is 4.79 Å². The van der Waals surface area contributed by atoms with Crippen molar-refractivity contribution in [1.82, 2.24) is 14.8 Å². The van der Waals surface area contributed by atoms with Crippen LogP contribution in [0.4, 0.5) is 16.2 Å². The van der Waals surface area contributed by atoms with Crippen molar-refractivity contribution in [3.05, 3.63) is 47.7 Å². The summed E-state index contributed by atoms with van der Waals surface area (Å²) in [5.74, 6) is 0. The number of thiazole rings is 1. The van der Waals surface area contributed by atoms with Crippen molar-refractivity contribution in [1.29, 1.82) is 0 Å². The van der Waals surface area contributed by atoms with Crippen LogP contribution >= 0.6 is 11.3 Å². The monoisotopic (exact) mass is 313 g/mol. The first-order valence-electron chi connectivity index (χ1n) is 6.69. The maximum atomic E-state index is 12.0. The standard InChI is InChI=1S/C15H15N5OS/c1-10-9-22-14(17-10)11-4-3-5-12(6-11)18-15(21)19-13-7-16-20(2)8-13/h3-9H,1-2H3,(H2,18,19,21). The van der Waals surface area contributed by atoms with Crippen LogP contribution in [0.25, 0.3) is 10.6 Å². The number of anilines is 2. The molecule has 0 unspecified atom stereocenters. The molecular formula is C15H15N5OS. The zero-order chi connectivity index (χ0) is 15.5. The summed E-state index contributed by atoms with van der Waals surface area (Å²) >= 11 is 1.59. The van der Waals surface area contributed by atoms with Crippen LogP contribution in [0.15, 0.2) is 42.0 Å². The van der Waals surface area contributed by atoms with E-state index in [1.807, 2.05) is 36.6 Å². The first kappa shape index (κ1) is 14.3. The Kier molecular flexibility index (Phi) is 3.88. The summed E-state index contributed by atoms with van der Waals surface area (Å²) in [6.45, 7) is 1.96. The fourth-order valence-electron chi connectivity index (χ4n) is 2.00. The van der Waals surface area contributed by atoms with E-state index in [1.54, 1.807) is 35.5 Å². The summed E-state index contributed by atoms with van der Waals surface area (Å²) in [5.41, 5.74) is 3.34. The molecule has 7 heteroatoms. The second-order valence-electron chi connectivity index (χ2n) is 4.86. The lowest BCUT2D eigenvalue weighted by Crippen LogP contribution is -2.19. The van der Waals surface area contributed by atoms with Crippen LogP contribution < -0.4 is 10.6 Å². The van der Waals surface area contributed by atoms with Gasteiger partial charge in [-0.1, -0.05) is 12.1 Å². The second-order valence-corrected chi connectivity index (χ2v) is 5.71. The number of aryl methyl sites for hydroxylation is 2. The Bertz CT molecular complexity index is 808. The molecule has 0 saturated heterocycles. The summed E-state index contributed by atoms with van der Waals surface area (Å²) in [6, 6.07) is 7.31. The highest BCUT2D eigenvalue weighted by molar-refractivity contribution is 7.13. The van der Waals surface area contributed by atoms with Gasteiger partial charge in [0, 0.05) is 35.6 Å². The Morgan fingerprint density at radius 3 is 2.77 bits per heavy atom. The van der Waals surface area contributed by atoms with Crippen LogP contribution in [0.2, 0.25) is 0 Å². The number of carbonyl (C=O) groups excluding carboxylic acids is 1. The summed E-state index contributed by atoms with van der Waals surface area (Å²) in [6.07, 6.45) is 3.32. The van der Waals surface area contributed by atoms with Crippen molar-refractivity contribution in [2.75, 3.05) is 10.6 Å². The van der Waals surface area contributed by atoms with E-state index in [1.165, 1.54) is 0 Å². The molecule has 0 bridgehead atoms. The van der Waals surface area contributed by atoms with Crippen LogP contribution in [0, 0.1) is 6.92 Å². The molecule has 2 heterocycles. The molecule has 3 aromatic rings. The molecule has 0 radical (unpaired) electrons. The average Bonchev–Trinajstić information content (AvgIpc) is 3.08. The van der Waals surface area contributed by atoms with Crippen molar-refractivity contribution >= 4 is 28.7 Å². The molecular weight excluding hydrogens is 298 g/mol. The first-order chi connectivity index (χ1) is 10.6. The molecule has 0 aliphatic heterocycles. The third-order valence-electron chi connectivity index (χ3n) is 2.95. The van der Waals surface area contributed by atoms with Gasteiger partial charge in [-0.15, -0.1) is 11.3 Å². The van der Waals surface area contributed by atoms with Gasteiger partial charge < -0.3 is 10.6 Å². The smallest absolute Gasteiger partial charge is 0.308 e. The molecule has 0 saturated carbocycles. The molecule has 0 aliphatic rings. The van der Waals surface area contributed by atoms with Crippen LogP contribution in [0.3, 0.4) is 0 Å². The molecule has 2 aromatic heterocycles. The van der Waals surface area contributed by atoms with Crippen LogP contribution in [0.1, 0.15) is 5.69 Å². The molecule has 112 valence electrons. The number of hydrogen-bond donors (Lipinski definition) is 2. The van der Waals surface area contributed by atoms with Crippen LogP contribution in [0.5, 0.6) is 0 Å². The SMILES string of the molecule is Cc1csc(-c2cccc(NC(=O)Nc3cnn(C)c3)c2)n1. The Balaban J connectivity index is 1.71.